The van der Waals surface area contributed by atoms with Gasteiger partial charge in [0.2, 0.25) is 0 Å². The van der Waals surface area contributed by atoms with E-state index in [0.29, 0.717) is 6.54 Å². The van der Waals surface area contributed by atoms with Crippen molar-refractivity contribution in [3.8, 4) is 5.69 Å². The number of halogens is 1. The summed E-state index contributed by atoms with van der Waals surface area (Å²) in [5.41, 5.74) is 5.39. The van der Waals surface area contributed by atoms with Crippen LogP contribution in [0.5, 0.6) is 0 Å². The number of benzene rings is 1. The molecule has 0 saturated carbocycles. The molecule has 1 aromatic carbocycles. The smallest absolute Gasteiger partial charge is 0.0892 e. The van der Waals surface area contributed by atoms with Crippen LogP contribution < -0.4 is 0 Å². The SMILES string of the molecule is Clc1ccc2c(c1)-n1cccc1C(c1ccncc1)=NC2. The van der Waals surface area contributed by atoms with Crippen LogP contribution in [0.25, 0.3) is 5.69 Å². The Bertz CT molecular complexity index is 834. The average Bonchev–Trinajstić information content (AvgIpc) is 2.94. The second kappa shape index (κ2) is 4.86. The monoisotopic (exact) mass is 293 g/mol. The van der Waals surface area contributed by atoms with Gasteiger partial charge in [0.1, 0.15) is 0 Å². The van der Waals surface area contributed by atoms with Crippen molar-refractivity contribution < 1.29 is 0 Å². The van der Waals surface area contributed by atoms with Crippen molar-refractivity contribution in [3.05, 3.63) is 82.9 Å². The molecule has 0 saturated heterocycles. The third kappa shape index (κ3) is 2.06. The van der Waals surface area contributed by atoms with E-state index in [4.69, 9.17) is 16.6 Å². The van der Waals surface area contributed by atoms with Crippen molar-refractivity contribution in [1.82, 2.24) is 9.55 Å². The number of hydrogen-bond acceptors (Lipinski definition) is 2. The maximum Gasteiger partial charge on any atom is 0.0892 e. The van der Waals surface area contributed by atoms with Crippen molar-refractivity contribution >= 4 is 17.3 Å². The summed E-state index contributed by atoms with van der Waals surface area (Å²) in [6, 6.07) is 14.0. The number of pyridine rings is 1. The molecule has 4 rings (SSSR count). The lowest BCUT2D eigenvalue weighted by atomic mass is 10.1. The first-order valence-corrected chi connectivity index (χ1v) is 7.12. The van der Waals surface area contributed by atoms with Gasteiger partial charge < -0.3 is 4.57 Å². The zero-order valence-electron chi connectivity index (χ0n) is 11.2. The summed E-state index contributed by atoms with van der Waals surface area (Å²) in [5, 5.41) is 0.737. The molecule has 1 aliphatic rings. The fourth-order valence-corrected chi connectivity index (χ4v) is 2.84. The molecule has 0 spiro atoms. The lowest BCUT2D eigenvalue weighted by Crippen LogP contribution is -2.08. The molecule has 102 valence electrons. The molecular formula is C17H12ClN3. The highest BCUT2D eigenvalue weighted by Gasteiger charge is 2.18. The molecule has 0 unspecified atom stereocenters. The van der Waals surface area contributed by atoms with Crippen LogP contribution in [0.3, 0.4) is 0 Å². The number of aromatic nitrogens is 2. The van der Waals surface area contributed by atoms with Gasteiger partial charge in [-0.25, -0.2) is 0 Å². The Morgan fingerprint density at radius 1 is 1.05 bits per heavy atom. The quantitative estimate of drug-likeness (QED) is 0.670. The second-order valence-corrected chi connectivity index (χ2v) is 5.37. The molecule has 0 radical (unpaired) electrons. The minimum absolute atomic E-state index is 0.645. The van der Waals surface area contributed by atoms with Crippen LogP contribution in [0.4, 0.5) is 0 Å². The van der Waals surface area contributed by atoms with Gasteiger partial charge in [-0.05, 0) is 42.0 Å². The summed E-state index contributed by atoms with van der Waals surface area (Å²) in [5.74, 6) is 0. The van der Waals surface area contributed by atoms with E-state index >= 15 is 0 Å². The Labute approximate surface area is 127 Å². The van der Waals surface area contributed by atoms with Crippen molar-refractivity contribution in [2.45, 2.75) is 6.54 Å². The highest BCUT2D eigenvalue weighted by molar-refractivity contribution is 6.30. The van der Waals surface area contributed by atoms with Crippen molar-refractivity contribution in [1.29, 1.82) is 0 Å². The highest BCUT2D eigenvalue weighted by Crippen LogP contribution is 2.27. The summed E-state index contributed by atoms with van der Waals surface area (Å²) in [7, 11) is 0. The Morgan fingerprint density at radius 3 is 2.76 bits per heavy atom. The van der Waals surface area contributed by atoms with E-state index in [1.165, 1.54) is 5.56 Å². The Hall–Kier alpha value is -2.39. The first-order chi connectivity index (χ1) is 10.3. The molecule has 4 heteroatoms. The molecule has 0 aliphatic carbocycles. The maximum absolute atomic E-state index is 6.16. The lowest BCUT2D eigenvalue weighted by molar-refractivity contribution is 1.02. The van der Waals surface area contributed by atoms with Crippen LogP contribution in [0.15, 0.2) is 66.0 Å². The second-order valence-electron chi connectivity index (χ2n) is 4.94. The van der Waals surface area contributed by atoms with Crippen LogP contribution in [-0.2, 0) is 6.54 Å². The van der Waals surface area contributed by atoms with Crippen molar-refractivity contribution in [2.24, 2.45) is 4.99 Å². The van der Waals surface area contributed by atoms with Gasteiger partial charge in [0, 0.05) is 29.2 Å². The van der Waals surface area contributed by atoms with Gasteiger partial charge in [-0.2, -0.15) is 0 Å². The molecule has 3 heterocycles. The number of hydrogen-bond donors (Lipinski definition) is 0. The average molecular weight is 294 g/mol. The Balaban J connectivity index is 1.95. The molecule has 3 nitrogen and oxygen atoms in total. The molecule has 0 atom stereocenters. The molecule has 3 aromatic rings. The van der Waals surface area contributed by atoms with Gasteiger partial charge in [0.15, 0.2) is 0 Å². The number of rotatable bonds is 1. The van der Waals surface area contributed by atoms with Crippen molar-refractivity contribution in [3.63, 3.8) is 0 Å². The summed E-state index contributed by atoms with van der Waals surface area (Å²) in [6.07, 6.45) is 5.63. The molecule has 2 aromatic heterocycles. The molecule has 0 fully saturated rings. The number of aliphatic imine (C=N–C) groups is 1. The number of nitrogens with zero attached hydrogens (tertiary/aromatic N) is 3. The van der Waals surface area contributed by atoms with Gasteiger partial charge in [-0.3, -0.25) is 9.98 Å². The van der Waals surface area contributed by atoms with Crippen LogP contribution >= 0.6 is 11.6 Å². The predicted molar refractivity (Wildman–Crippen MR) is 84.4 cm³/mol. The third-order valence-electron chi connectivity index (χ3n) is 3.66. The first-order valence-electron chi connectivity index (χ1n) is 6.74. The van der Waals surface area contributed by atoms with Gasteiger partial charge >= 0.3 is 0 Å². The van der Waals surface area contributed by atoms with E-state index in [9.17, 15) is 0 Å². The molecule has 21 heavy (non-hydrogen) atoms. The fraction of sp³-hybridized carbons (Fsp3) is 0.0588. The van der Waals surface area contributed by atoms with Crippen LogP contribution in [-0.4, -0.2) is 15.3 Å². The lowest BCUT2D eigenvalue weighted by Gasteiger charge is -2.11. The minimum Gasteiger partial charge on any atom is -0.315 e. The molecular weight excluding hydrogens is 282 g/mol. The number of fused-ring (bicyclic) bond motifs is 3. The van der Waals surface area contributed by atoms with E-state index in [1.807, 2.05) is 42.6 Å². The zero-order chi connectivity index (χ0) is 14.2. The first kappa shape index (κ1) is 12.4. The minimum atomic E-state index is 0.645. The topological polar surface area (TPSA) is 30.2 Å². The van der Waals surface area contributed by atoms with Crippen LogP contribution in [0.1, 0.15) is 16.8 Å². The molecule has 0 bridgehead atoms. The van der Waals surface area contributed by atoms with E-state index in [2.05, 4.69) is 15.6 Å². The van der Waals surface area contributed by atoms with Crippen LogP contribution in [0, 0.1) is 0 Å². The summed E-state index contributed by atoms with van der Waals surface area (Å²) in [6.45, 7) is 0.645. The van der Waals surface area contributed by atoms with E-state index in [0.717, 1.165) is 27.7 Å². The third-order valence-corrected chi connectivity index (χ3v) is 3.89. The summed E-state index contributed by atoms with van der Waals surface area (Å²) in [4.78, 5) is 8.88. The van der Waals surface area contributed by atoms with Gasteiger partial charge in [-0.15, -0.1) is 0 Å². The largest absolute Gasteiger partial charge is 0.315 e. The summed E-state index contributed by atoms with van der Waals surface area (Å²) >= 11 is 6.16. The Kier molecular flexibility index (Phi) is 2.86. The van der Waals surface area contributed by atoms with Gasteiger partial charge in [0.25, 0.3) is 0 Å². The molecule has 0 N–H and O–H groups in total. The normalized spacial score (nSPS) is 13.1. The standard InChI is InChI=1S/C17H12ClN3/c18-14-4-3-13-11-20-17(12-5-7-19-8-6-12)15-2-1-9-21(15)16(13)10-14/h1-10H,11H2. The van der Waals surface area contributed by atoms with E-state index < -0.39 is 0 Å². The van der Waals surface area contributed by atoms with E-state index in [1.54, 1.807) is 12.4 Å². The maximum atomic E-state index is 6.16. The zero-order valence-corrected chi connectivity index (χ0v) is 12.0. The fourth-order valence-electron chi connectivity index (χ4n) is 2.67. The molecule has 0 amide bonds. The predicted octanol–water partition coefficient (Wildman–Crippen LogP) is 3.88. The highest BCUT2D eigenvalue weighted by atomic mass is 35.5. The van der Waals surface area contributed by atoms with E-state index in [-0.39, 0.29) is 0 Å². The van der Waals surface area contributed by atoms with Gasteiger partial charge in [-0.1, -0.05) is 17.7 Å². The van der Waals surface area contributed by atoms with Crippen LogP contribution in [0.2, 0.25) is 5.02 Å². The Morgan fingerprint density at radius 2 is 1.90 bits per heavy atom. The van der Waals surface area contributed by atoms with Gasteiger partial charge in [0.05, 0.1) is 23.6 Å². The van der Waals surface area contributed by atoms with Crippen molar-refractivity contribution in [2.75, 3.05) is 0 Å². The molecule has 1 aliphatic heterocycles. The summed E-state index contributed by atoms with van der Waals surface area (Å²) < 4.78 is 2.15.